The first kappa shape index (κ1) is 18.5. The summed E-state index contributed by atoms with van der Waals surface area (Å²) in [5.41, 5.74) is 4.98. The number of benzene rings is 2. The van der Waals surface area contributed by atoms with Gasteiger partial charge in [-0.05, 0) is 66.0 Å². The number of aromatic hydroxyl groups is 1. The molecule has 1 aromatic heterocycles. The molecule has 1 N–H and O–H groups in total. The smallest absolute Gasteiger partial charge is 0.331 e. The van der Waals surface area contributed by atoms with E-state index in [1.165, 1.54) is 10.8 Å². The summed E-state index contributed by atoms with van der Waals surface area (Å²) in [5, 5.41) is 10.1. The van der Waals surface area contributed by atoms with Crippen LogP contribution in [0.4, 0.5) is 0 Å². The van der Waals surface area contributed by atoms with Crippen molar-refractivity contribution in [3.63, 3.8) is 0 Å². The quantitative estimate of drug-likeness (QED) is 0.669. The first-order chi connectivity index (χ1) is 15.1. The van der Waals surface area contributed by atoms with Gasteiger partial charge in [-0.1, -0.05) is 30.3 Å². The highest BCUT2D eigenvalue weighted by Crippen LogP contribution is 2.36. The molecule has 0 spiro atoms. The molecule has 2 heterocycles. The van der Waals surface area contributed by atoms with Gasteiger partial charge in [0, 0.05) is 24.7 Å². The van der Waals surface area contributed by atoms with Crippen molar-refractivity contribution >= 4 is 5.91 Å². The molecule has 158 valence electrons. The summed E-state index contributed by atoms with van der Waals surface area (Å²) in [7, 11) is 0. The Morgan fingerprint density at radius 3 is 2.39 bits per heavy atom. The molecule has 1 aliphatic heterocycles. The number of rotatable bonds is 6. The van der Waals surface area contributed by atoms with Gasteiger partial charge < -0.3 is 10.0 Å². The van der Waals surface area contributed by atoms with Crippen molar-refractivity contribution < 1.29 is 9.90 Å². The van der Waals surface area contributed by atoms with E-state index in [0.29, 0.717) is 25.0 Å². The van der Waals surface area contributed by atoms with Crippen molar-refractivity contribution in [3.8, 4) is 17.0 Å². The van der Waals surface area contributed by atoms with Gasteiger partial charge in [0.05, 0.1) is 12.7 Å². The first-order valence-corrected chi connectivity index (χ1v) is 11.1. The van der Waals surface area contributed by atoms with Crippen LogP contribution in [0.15, 0.2) is 53.5 Å². The minimum absolute atomic E-state index is 0.0430. The molecule has 2 aromatic carbocycles. The number of fused-ring (bicyclic) bond motifs is 1. The van der Waals surface area contributed by atoms with Crippen LogP contribution in [0.25, 0.3) is 11.1 Å². The summed E-state index contributed by atoms with van der Waals surface area (Å²) >= 11 is 0. The van der Waals surface area contributed by atoms with Crippen molar-refractivity contribution in [2.75, 3.05) is 0 Å². The van der Waals surface area contributed by atoms with Crippen LogP contribution in [0, 0.1) is 5.92 Å². The van der Waals surface area contributed by atoms with E-state index in [1.807, 2.05) is 29.2 Å². The SMILES string of the molecule is O=C1c2ccc(-c3ccc(Cn4cc(O)n(CC5CC5)c4=O)cc3)cc2CN1C1CC1. The lowest BCUT2D eigenvalue weighted by Crippen LogP contribution is -2.25. The molecule has 2 fully saturated rings. The average molecular weight is 415 g/mol. The van der Waals surface area contributed by atoms with Crippen LogP contribution in [0.1, 0.15) is 47.2 Å². The lowest BCUT2D eigenvalue weighted by atomic mass is 9.99. The van der Waals surface area contributed by atoms with Gasteiger partial charge >= 0.3 is 5.69 Å². The molecule has 0 unspecified atom stereocenters. The molecule has 0 radical (unpaired) electrons. The standard InChI is InChI=1S/C25H25N3O3/c29-23-15-26(25(31)28(23)13-17-1-2-17)12-16-3-5-18(6-4-16)19-7-10-22-20(11-19)14-27(24(22)30)21-8-9-21/h3-7,10-11,15,17,21,29H,1-2,8-9,12-14H2. The minimum atomic E-state index is -0.156. The van der Waals surface area contributed by atoms with Gasteiger partial charge in [-0.15, -0.1) is 0 Å². The third-order valence-corrected chi connectivity index (χ3v) is 6.73. The van der Waals surface area contributed by atoms with Crippen LogP contribution in [0.2, 0.25) is 0 Å². The molecule has 6 rings (SSSR count). The number of aromatic nitrogens is 2. The molecule has 3 aliphatic rings. The zero-order chi connectivity index (χ0) is 21.1. The highest BCUT2D eigenvalue weighted by Gasteiger charge is 2.38. The molecule has 2 saturated carbocycles. The second-order valence-corrected chi connectivity index (χ2v) is 9.18. The Hall–Kier alpha value is -3.28. The molecular formula is C25H25N3O3. The van der Waals surface area contributed by atoms with Gasteiger partial charge in [0.2, 0.25) is 5.88 Å². The molecular weight excluding hydrogens is 390 g/mol. The van der Waals surface area contributed by atoms with Crippen molar-refractivity contribution in [1.29, 1.82) is 0 Å². The van der Waals surface area contributed by atoms with E-state index in [4.69, 9.17) is 0 Å². The number of imidazole rings is 1. The molecule has 31 heavy (non-hydrogen) atoms. The van der Waals surface area contributed by atoms with E-state index in [0.717, 1.165) is 60.0 Å². The van der Waals surface area contributed by atoms with Crippen LogP contribution in [0.3, 0.4) is 0 Å². The van der Waals surface area contributed by atoms with Gasteiger partial charge in [0.15, 0.2) is 0 Å². The lowest BCUT2D eigenvalue weighted by Gasteiger charge is -2.13. The fourth-order valence-corrected chi connectivity index (χ4v) is 4.56. The first-order valence-electron chi connectivity index (χ1n) is 11.1. The molecule has 1 amide bonds. The largest absolute Gasteiger partial charge is 0.493 e. The van der Waals surface area contributed by atoms with Crippen molar-refractivity contribution in [2.45, 2.75) is 51.4 Å². The van der Waals surface area contributed by atoms with Gasteiger partial charge in [-0.3, -0.25) is 13.9 Å². The average Bonchev–Trinajstić information content (AvgIpc) is 3.70. The van der Waals surface area contributed by atoms with Crippen LogP contribution in [-0.2, 0) is 19.6 Å². The fraction of sp³-hybridized carbons (Fsp3) is 0.360. The number of carbonyl (C=O) groups excluding carboxylic acids is 1. The van der Waals surface area contributed by atoms with E-state index in [1.54, 1.807) is 4.57 Å². The Kier molecular flexibility index (Phi) is 4.10. The van der Waals surface area contributed by atoms with E-state index in [9.17, 15) is 14.7 Å². The zero-order valence-corrected chi connectivity index (χ0v) is 17.3. The van der Waals surface area contributed by atoms with Crippen LogP contribution in [-0.4, -0.2) is 31.1 Å². The number of amides is 1. The van der Waals surface area contributed by atoms with Gasteiger partial charge in [-0.2, -0.15) is 0 Å². The number of nitrogens with zero attached hydrogens (tertiary/aromatic N) is 3. The predicted molar refractivity (Wildman–Crippen MR) is 117 cm³/mol. The summed E-state index contributed by atoms with van der Waals surface area (Å²) in [5.74, 6) is 0.737. The summed E-state index contributed by atoms with van der Waals surface area (Å²) in [6.45, 7) is 1.75. The lowest BCUT2D eigenvalue weighted by molar-refractivity contribution is 0.0766. The van der Waals surface area contributed by atoms with Gasteiger partial charge in [-0.25, -0.2) is 4.79 Å². The monoisotopic (exact) mass is 415 g/mol. The Bertz CT molecular complexity index is 1230. The van der Waals surface area contributed by atoms with E-state index < -0.39 is 0 Å². The van der Waals surface area contributed by atoms with Crippen LogP contribution in [0.5, 0.6) is 5.88 Å². The number of hydrogen-bond acceptors (Lipinski definition) is 3. The highest BCUT2D eigenvalue weighted by atomic mass is 16.3. The normalized spacial score (nSPS) is 17.9. The summed E-state index contributed by atoms with van der Waals surface area (Å²) in [6, 6.07) is 14.7. The Morgan fingerprint density at radius 1 is 0.935 bits per heavy atom. The van der Waals surface area contributed by atoms with Gasteiger partial charge in [0.25, 0.3) is 5.91 Å². The van der Waals surface area contributed by atoms with Gasteiger partial charge in [0.1, 0.15) is 0 Å². The molecule has 6 nitrogen and oxygen atoms in total. The van der Waals surface area contributed by atoms with E-state index in [-0.39, 0.29) is 17.5 Å². The van der Waals surface area contributed by atoms with Crippen molar-refractivity contribution in [1.82, 2.24) is 14.0 Å². The topological polar surface area (TPSA) is 67.5 Å². The Morgan fingerprint density at radius 2 is 1.68 bits per heavy atom. The minimum Gasteiger partial charge on any atom is -0.493 e. The molecule has 2 aliphatic carbocycles. The second kappa shape index (κ2) is 6.87. The molecule has 3 aromatic rings. The summed E-state index contributed by atoms with van der Waals surface area (Å²) < 4.78 is 3.04. The highest BCUT2D eigenvalue weighted by molar-refractivity contribution is 5.99. The summed E-state index contributed by atoms with van der Waals surface area (Å²) in [6.07, 6.45) is 6.04. The Balaban J connectivity index is 1.20. The maximum Gasteiger partial charge on any atom is 0.331 e. The molecule has 0 saturated heterocycles. The van der Waals surface area contributed by atoms with Crippen LogP contribution < -0.4 is 5.69 Å². The third-order valence-electron chi connectivity index (χ3n) is 6.73. The molecule has 0 atom stereocenters. The predicted octanol–water partition coefficient (Wildman–Crippen LogP) is 3.60. The molecule has 0 bridgehead atoms. The number of carbonyl (C=O) groups is 1. The fourth-order valence-electron chi connectivity index (χ4n) is 4.56. The zero-order valence-electron chi connectivity index (χ0n) is 17.3. The Labute approximate surface area is 180 Å². The third kappa shape index (κ3) is 3.36. The van der Waals surface area contributed by atoms with E-state index >= 15 is 0 Å². The van der Waals surface area contributed by atoms with Crippen LogP contribution >= 0.6 is 0 Å². The van der Waals surface area contributed by atoms with Crippen molar-refractivity contribution in [3.05, 3.63) is 75.8 Å². The molecule has 6 heteroatoms. The maximum absolute atomic E-state index is 12.6. The van der Waals surface area contributed by atoms with E-state index in [2.05, 4.69) is 18.2 Å². The number of hydrogen-bond donors (Lipinski definition) is 1. The summed E-state index contributed by atoms with van der Waals surface area (Å²) in [4.78, 5) is 27.1. The van der Waals surface area contributed by atoms with Crippen molar-refractivity contribution in [2.24, 2.45) is 5.92 Å². The second-order valence-electron chi connectivity index (χ2n) is 9.18. The maximum atomic E-state index is 12.6.